The number of hydrogen-bond donors (Lipinski definition) is 0. The molecule has 0 saturated heterocycles. The van der Waals surface area contributed by atoms with Gasteiger partial charge in [0.25, 0.3) is 0 Å². The van der Waals surface area contributed by atoms with Gasteiger partial charge >= 0.3 is 5.69 Å². The van der Waals surface area contributed by atoms with E-state index in [2.05, 4.69) is 9.97 Å². The van der Waals surface area contributed by atoms with E-state index < -0.39 is 0 Å². The quantitative estimate of drug-likeness (QED) is 0.829. The minimum absolute atomic E-state index is 0.0178. The Morgan fingerprint density at radius 1 is 1.29 bits per heavy atom. The second-order valence-electron chi connectivity index (χ2n) is 4.18. The lowest BCUT2D eigenvalue weighted by molar-refractivity contribution is 0.649. The van der Waals surface area contributed by atoms with Crippen LogP contribution in [0.1, 0.15) is 24.6 Å². The third kappa shape index (κ3) is 2.10. The summed E-state index contributed by atoms with van der Waals surface area (Å²) >= 11 is 5.65. The van der Waals surface area contributed by atoms with Gasteiger partial charge in [0.15, 0.2) is 0 Å². The minimum Gasteiger partial charge on any atom is -0.296 e. The number of imidazole rings is 1. The predicted molar refractivity (Wildman–Crippen MR) is 63.1 cm³/mol. The minimum atomic E-state index is 0.0178. The first-order valence-electron chi connectivity index (χ1n) is 5.48. The lowest BCUT2D eigenvalue weighted by Crippen LogP contribution is -2.24. The summed E-state index contributed by atoms with van der Waals surface area (Å²) in [6.45, 7) is 0.433. The Morgan fingerprint density at radius 2 is 2.12 bits per heavy atom. The Morgan fingerprint density at radius 3 is 2.76 bits per heavy atom. The van der Waals surface area contributed by atoms with Crippen LogP contribution in [0.5, 0.6) is 0 Å². The molecule has 0 radical (unpaired) electrons. The van der Waals surface area contributed by atoms with E-state index in [1.807, 2.05) is 6.20 Å². The number of hydrogen-bond acceptors (Lipinski definition) is 3. The summed E-state index contributed by atoms with van der Waals surface area (Å²) in [5.41, 5.74) is 0.745. The molecule has 1 saturated carbocycles. The van der Waals surface area contributed by atoms with Crippen LogP contribution < -0.4 is 5.69 Å². The molecule has 1 aliphatic carbocycles. The molecule has 1 fully saturated rings. The van der Waals surface area contributed by atoms with E-state index in [-0.39, 0.29) is 5.69 Å². The molecule has 6 heteroatoms. The second kappa shape index (κ2) is 4.00. The van der Waals surface area contributed by atoms with Gasteiger partial charge in [0, 0.05) is 18.4 Å². The molecule has 88 valence electrons. The number of halogens is 1. The molecule has 0 bridgehead atoms. The molecule has 0 spiro atoms. The van der Waals surface area contributed by atoms with Crippen molar-refractivity contribution in [3.05, 3.63) is 46.1 Å². The zero-order valence-electron chi connectivity index (χ0n) is 9.08. The van der Waals surface area contributed by atoms with Crippen LogP contribution in [0.2, 0.25) is 5.15 Å². The van der Waals surface area contributed by atoms with Gasteiger partial charge in [-0.25, -0.2) is 9.78 Å². The van der Waals surface area contributed by atoms with Crippen molar-refractivity contribution in [1.82, 2.24) is 19.1 Å². The fourth-order valence-corrected chi connectivity index (χ4v) is 1.87. The summed E-state index contributed by atoms with van der Waals surface area (Å²) in [4.78, 5) is 20.0. The van der Waals surface area contributed by atoms with Crippen LogP contribution in [-0.4, -0.2) is 19.1 Å². The average Bonchev–Trinajstić information content (AvgIpc) is 3.10. The van der Waals surface area contributed by atoms with Crippen LogP contribution in [0.3, 0.4) is 0 Å². The van der Waals surface area contributed by atoms with Crippen molar-refractivity contribution < 1.29 is 0 Å². The fourth-order valence-electron chi connectivity index (χ4n) is 1.77. The molecule has 17 heavy (non-hydrogen) atoms. The highest BCUT2D eigenvalue weighted by atomic mass is 35.5. The second-order valence-corrected chi connectivity index (χ2v) is 4.56. The zero-order chi connectivity index (χ0) is 11.8. The van der Waals surface area contributed by atoms with Crippen molar-refractivity contribution >= 4 is 11.6 Å². The van der Waals surface area contributed by atoms with E-state index in [4.69, 9.17) is 11.6 Å². The molecule has 5 nitrogen and oxygen atoms in total. The lowest BCUT2D eigenvalue weighted by Gasteiger charge is -2.00. The molecular formula is C11H11ClN4O. The molecule has 0 N–H and O–H groups in total. The van der Waals surface area contributed by atoms with E-state index in [1.54, 1.807) is 21.5 Å². The third-order valence-electron chi connectivity index (χ3n) is 2.82. The predicted octanol–water partition coefficient (Wildman–Crippen LogP) is 1.48. The van der Waals surface area contributed by atoms with E-state index in [0.717, 1.165) is 18.5 Å². The lowest BCUT2D eigenvalue weighted by atomic mass is 10.4. The largest absolute Gasteiger partial charge is 0.328 e. The van der Waals surface area contributed by atoms with Gasteiger partial charge in [0.2, 0.25) is 0 Å². The van der Waals surface area contributed by atoms with Gasteiger partial charge in [-0.05, 0) is 12.8 Å². The first-order chi connectivity index (χ1) is 8.24. The molecule has 1 aliphatic rings. The van der Waals surface area contributed by atoms with Gasteiger partial charge in [-0.1, -0.05) is 11.6 Å². The van der Waals surface area contributed by atoms with Crippen LogP contribution in [0.25, 0.3) is 0 Å². The average molecular weight is 251 g/mol. The van der Waals surface area contributed by atoms with Gasteiger partial charge in [-0.2, -0.15) is 0 Å². The monoisotopic (exact) mass is 250 g/mol. The van der Waals surface area contributed by atoms with E-state index >= 15 is 0 Å². The van der Waals surface area contributed by atoms with Crippen LogP contribution in [0.4, 0.5) is 0 Å². The maximum Gasteiger partial charge on any atom is 0.328 e. The number of rotatable bonds is 3. The van der Waals surface area contributed by atoms with Gasteiger partial charge in [0.05, 0.1) is 24.6 Å². The summed E-state index contributed by atoms with van der Waals surface area (Å²) in [5, 5.41) is 0.358. The van der Waals surface area contributed by atoms with Crippen molar-refractivity contribution in [3.8, 4) is 0 Å². The topological polar surface area (TPSA) is 52.7 Å². The van der Waals surface area contributed by atoms with Gasteiger partial charge < -0.3 is 0 Å². The van der Waals surface area contributed by atoms with Crippen molar-refractivity contribution in [2.45, 2.75) is 25.4 Å². The normalized spacial score (nSPS) is 15.1. The third-order valence-corrected chi connectivity index (χ3v) is 3.02. The molecule has 0 aromatic carbocycles. The zero-order valence-corrected chi connectivity index (χ0v) is 9.84. The molecule has 2 heterocycles. The number of aromatic nitrogens is 4. The number of nitrogens with zero attached hydrogens (tertiary/aromatic N) is 4. The first kappa shape index (κ1) is 10.5. The summed E-state index contributed by atoms with van der Waals surface area (Å²) in [6.07, 6.45) is 8.90. The van der Waals surface area contributed by atoms with Crippen LogP contribution in [0, 0.1) is 0 Å². The summed E-state index contributed by atoms with van der Waals surface area (Å²) < 4.78 is 3.42. The van der Waals surface area contributed by atoms with Crippen molar-refractivity contribution in [1.29, 1.82) is 0 Å². The highest BCUT2D eigenvalue weighted by Gasteiger charge is 2.25. The molecule has 2 aromatic rings. The standard InChI is InChI=1S/C11H11ClN4O/c12-10-6-13-8(5-14-10)7-15-3-4-16(11(15)17)9-1-2-9/h3-6,9H,1-2,7H2. The highest BCUT2D eigenvalue weighted by molar-refractivity contribution is 6.29. The smallest absolute Gasteiger partial charge is 0.296 e. The Labute approximate surface area is 103 Å². The molecule has 3 rings (SSSR count). The van der Waals surface area contributed by atoms with Gasteiger partial charge in [0.1, 0.15) is 5.15 Å². The van der Waals surface area contributed by atoms with Gasteiger partial charge in [-0.3, -0.25) is 14.1 Å². The summed E-state index contributed by atoms with van der Waals surface area (Å²) in [7, 11) is 0. The van der Waals surface area contributed by atoms with Crippen LogP contribution in [-0.2, 0) is 6.54 Å². The van der Waals surface area contributed by atoms with Crippen molar-refractivity contribution in [3.63, 3.8) is 0 Å². The van der Waals surface area contributed by atoms with Crippen LogP contribution in [0.15, 0.2) is 29.6 Å². The van der Waals surface area contributed by atoms with Crippen molar-refractivity contribution in [2.24, 2.45) is 0 Å². The maximum absolute atomic E-state index is 12.0. The van der Waals surface area contributed by atoms with Crippen LogP contribution >= 0.6 is 11.6 Å². The maximum atomic E-state index is 12.0. The molecule has 0 unspecified atom stereocenters. The van der Waals surface area contributed by atoms with E-state index in [0.29, 0.717) is 17.7 Å². The molecule has 0 atom stereocenters. The Kier molecular flexibility index (Phi) is 2.48. The molecule has 2 aromatic heterocycles. The molecular weight excluding hydrogens is 240 g/mol. The highest BCUT2D eigenvalue weighted by Crippen LogP contribution is 2.33. The van der Waals surface area contributed by atoms with E-state index in [1.165, 1.54) is 6.20 Å². The first-order valence-corrected chi connectivity index (χ1v) is 5.85. The Hall–Kier alpha value is -1.62. The Balaban J connectivity index is 1.85. The summed E-state index contributed by atoms with van der Waals surface area (Å²) in [5.74, 6) is 0. The van der Waals surface area contributed by atoms with E-state index in [9.17, 15) is 4.79 Å². The molecule has 0 aliphatic heterocycles. The summed E-state index contributed by atoms with van der Waals surface area (Å²) in [6, 6.07) is 0.403. The molecule has 0 amide bonds. The fraction of sp³-hybridized carbons (Fsp3) is 0.364. The Bertz CT molecular complexity index is 582. The van der Waals surface area contributed by atoms with Gasteiger partial charge in [-0.15, -0.1) is 0 Å². The van der Waals surface area contributed by atoms with Crippen molar-refractivity contribution in [2.75, 3.05) is 0 Å². The SMILES string of the molecule is O=c1n(Cc2cnc(Cl)cn2)ccn1C1CC1.